The van der Waals surface area contributed by atoms with Gasteiger partial charge in [-0.05, 0) is 60.4 Å². The summed E-state index contributed by atoms with van der Waals surface area (Å²) >= 11 is 5.89. The van der Waals surface area contributed by atoms with Crippen LogP contribution in [0.4, 0.5) is 5.69 Å². The Morgan fingerprint density at radius 2 is 1.63 bits per heavy atom. The molecule has 0 bridgehead atoms. The van der Waals surface area contributed by atoms with Gasteiger partial charge in [0.25, 0.3) is 0 Å². The van der Waals surface area contributed by atoms with Gasteiger partial charge < -0.3 is 5.73 Å². The van der Waals surface area contributed by atoms with Gasteiger partial charge in [-0.25, -0.2) is 0 Å². The predicted octanol–water partition coefficient (Wildman–Crippen LogP) is 4.19. The van der Waals surface area contributed by atoms with Crippen molar-refractivity contribution in [1.29, 1.82) is 5.26 Å². The highest BCUT2D eigenvalue weighted by Gasteiger charge is 2.18. The summed E-state index contributed by atoms with van der Waals surface area (Å²) < 4.78 is 0. The summed E-state index contributed by atoms with van der Waals surface area (Å²) in [7, 11) is 0. The van der Waals surface area contributed by atoms with Crippen LogP contribution in [0.25, 0.3) is 0 Å². The van der Waals surface area contributed by atoms with Crippen molar-refractivity contribution in [3.63, 3.8) is 0 Å². The molecule has 0 saturated carbocycles. The molecule has 2 rings (SSSR count). The molecule has 0 heterocycles. The van der Waals surface area contributed by atoms with Crippen LogP contribution in [-0.4, -0.2) is 0 Å². The van der Waals surface area contributed by atoms with Crippen LogP contribution in [-0.2, 0) is 0 Å². The Hall–Kier alpha value is -1.98. The lowest BCUT2D eigenvalue weighted by Crippen LogP contribution is -2.04. The Labute approximate surface area is 118 Å². The molecule has 0 fully saturated rings. The van der Waals surface area contributed by atoms with Gasteiger partial charge in [0.1, 0.15) is 0 Å². The minimum Gasteiger partial charge on any atom is -0.399 e. The van der Waals surface area contributed by atoms with Crippen molar-refractivity contribution in [2.45, 2.75) is 19.8 Å². The number of benzene rings is 2. The summed E-state index contributed by atoms with van der Waals surface area (Å²) in [6.07, 6.45) is 0. The lowest BCUT2D eigenvalue weighted by molar-refractivity contribution is 1.00. The first-order valence-corrected chi connectivity index (χ1v) is 6.42. The monoisotopic (exact) mass is 270 g/mol. The number of aryl methyl sites for hydroxylation is 2. The smallest absolute Gasteiger partial charge is 0.0967 e. The van der Waals surface area contributed by atoms with Crippen molar-refractivity contribution in [2.75, 3.05) is 5.73 Å². The Morgan fingerprint density at radius 3 is 2.11 bits per heavy atom. The zero-order chi connectivity index (χ0) is 14.0. The summed E-state index contributed by atoms with van der Waals surface area (Å²) in [4.78, 5) is 0. The first-order valence-electron chi connectivity index (χ1n) is 6.04. The van der Waals surface area contributed by atoms with Crippen molar-refractivity contribution in [3.8, 4) is 6.07 Å². The molecule has 1 unspecified atom stereocenters. The Morgan fingerprint density at radius 1 is 1.11 bits per heavy atom. The Balaban J connectivity index is 2.55. The number of nitriles is 1. The maximum absolute atomic E-state index is 9.51. The number of nitrogens with zero attached hydrogens (tertiary/aromatic N) is 1. The lowest BCUT2D eigenvalue weighted by Gasteiger charge is -2.16. The van der Waals surface area contributed by atoms with E-state index in [1.54, 1.807) is 0 Å². The zero-order valence-electron chi connectivity index (χ0n) is 10.9. The molecule has 0 saturated heterocycles. The fraction of sp³-hybridized carbons (Fsp3) is 0.188. The molecular formula is C16H15ClN2. The highest BCUT2D eigenvalue weighted by Crippen LogP contribution is 2.31. The normalized spacial score (nSPS) is 11.9. The van der Waals surface area contributed by atoms with E-state index in [2.05, 4.69) is 6.07 Å². The first kappa shape index (κ1) is 13.5. The molecule has 0 aromatic heterocycles. The third-order valence-electron chi connectivity index (χ3n) is 3.24. The van der Waals surface area contributed by atoms with Gasteiger partial charge in [0.2, 0.25) is 0 Å². The van der Waals surface area contributed by atoms with Crippen LogP contribution < -0.4 is 5.73 Å². The van der Waals surface area contributed by atoms with E-state index in [0.29, 0.717) is 5.02 Å². The topological polar surface area (TPSA) is 49.8 Å². The third-order valence-corrected chi connectivity index (χ3v) is 3.49. The van der Waals surface area contributed by atoms with Gasteiger partial charge in [0.15, 0.2) is 0 Å². The highest BCUT2D eigenvalue weighted by atomic mass is 35.5. The molecule has 2 aromatic carbocycles. The van der Waals surface area contributed by atoms with E-state index in [-0.39, 0.29) is 5.92 Å². The van der Waals surface area contributed by atoms with E-state index >= 15 is 0 Å². The van der Waals surface area contributed by atoms with Crippen molar-refractivity contribution in [3.05, 3.63) is 63.7 Å². The molecule has 2 N–H and O–H groups in total. The number of nitrogen functional groups attached to an aromatic ring is 1. The maximum Gasteiger partial charge on any atom is 0.0967 e. The molecular weight excluding hydrogens is 256 g/mol. The molecule has 0 radical (unpaired) electrons. The molecule has 0 spiro atoms. The van der Waals surface area contributed by atoms with E-state index < -0.39 is 0 Å². The average Bonchev–Trinajstić information content (AvgIpc) is 2.35. The van der Waals surface area contributed by atoms with Crippen molar-refractivity contribution in [1.82, 2.24) is 0 Å². The van der Waals surface area contributed by atoms with Gasteiger partial charge in [-0.3, -0.25) is 0 Å². The van der Waals surface area contributed by atoms with E-state index in [1.807, 2.05) is 50.2 Å². The summed E-state index contributed by atoms with van der Waals surface area (Å²) in [5.74, 6) is -0.294. The molecule has 19 heavy (non-hydrogen) atoms. The van der Waals surface area contributed by atoms with Crippen LogP contribution >= 0.6 is 11.6 Å². The van der Waals surface area contributed by atoms with Gasteiger partial charge in [-0.15, -0.1) is 0 Å². The van der Waals surface area contributed by atoms with Crippen LogP contribution in [0.15, 0.2) is 36.4 Å². The minimum absolute atomic E-state index is 0.294. The van der Waals surface area contributed by atoms with Crippen LogP contribution in [0.2, 0.25) is 5.02 Å². The average molecular weight is 271 g/mol. The molecule has 2 aromatic rings. The number of hydrogen-bond donors (Lipinski definition) is 1. The number of rotatable bonds is 2. The van der Waals surface area contributed by atoms with Crippen LogP contribution in [0.1, 0.15) is 28.2 Å². The molecule has 2 nitrogen and oxygen atoms in total. The SMILES string of the molecule is Cc1cc(N)cc(C)c1C(C#N)c1ccc(Cl)cc1. The minimum atomic E-state index is -0.294. The Kier molecular flexibility index (Phi) is 3.78. The second-order valence-corrected chi connectivity index (χ2v) is 5.12. The van der Waals surface area contributed by atoms with E-state index in [1.165, 1.54) is 0 Å². The molecule has 96 valence electrons. The summed E-state index contributed by atoms with van der Waals surface area (Å²) in [5, 5.41) is 10.2. The quantitative estimate of drug-likeness (QED) is 0.832. The van der Waals surface area contributed by atoms with Crippen molar-refractivity contribution < 1.29 is 0 Å². The van der Waals surface area contributed by atoms with Crippen LogP contribution in [0.5, 0.6) is 0 Å². The van der Waals surface area contributed by atoms with Gasteiger partial charge in [-0.2, -0.15) is 5.26 Å². The van der Waals surface area contributed by atoms with Gasteiger partial charge in [0.05, 0.1) is 12.0 Å². The molecule has 3 heteroatoms. The summed E-state index contributed by atoms with van der Waals surface area (Å²) in [6.45, 7) is 3.97. The molecule has 0 aliphatic rings. The number of halogens is 1. The van der Waals surface area contributed by atoms with Gasteiger partial charge in [0, 0.05) is 10.7 Å². The fourth-order valence-electron chi connectivity index (χ4n) is 2.42. The summed E-state index contributed by atoms with van der Waals surface area (Å²) in [5.41, 5.74) is 10.6. The van der Waals surface area contributed by atoms with E-state index in [4.69, 9.17) is 17.3 Å². The zero-order valence-corrected chi connectivity index (χ0v) is 11.7. The second-order valence-electron chi connectivity index (χ2n) is 4.68. The molecule has 0 aliphatic heterocycles. The first-order chi connectivity index (χ1) is 9.02. The van der Waals surface area contributed by atoms with Crippen molar-refractivity contribution >= 4 is 17.3 Å². The predicted molar refractivity (Wildman–Crippen MR) is 79.2 cm³/mol. The third kappa shape index (κ3) is 2.72. The Bertz CT molecular complexity index is 616. The van der Waals surface area contributed by atoms with Gasteiger partial charge in [-0.1, -0.05) is 23.7 Å². The van der Waals surface area contributed by atoms with E-state index in [0.717, 1.165) is 27.9 Å². The maximum atomic E-state index is 9.51. The van der Waals surface area contributed by atoms with Crippen LogP contribution in [0, 0.1) is 25.2 Å². The van der Waals surface area contributed by atoms with Gasteiger partial charge >= 0.3 is 0 Å². The highest BCUT2D eigenvalue weighted by molar-refractivity contribution is 6.30. The molecule has 1 atom stereocenters. The number of nitrogens with two attached hydrogens (primary N) is 1. The standard InChI is InChI=1S/C16H15ClN2/c1-10-7-14(19)8-11(2)16(10)15(9-18)12-3-5-13(17)6-4-12/h3-8,15H,19H2,1-2H3. The largest absolute Gasteiger partial charge is 0.399 e. The fourth-order valence-corrected chi connectivity index (χ4v) is 2.55. The molecule has 0 amide bonds. The lowest BCUT2D eigenvalue weighted by atomic mass is 9.86. The number of hydrogen-bond acceptors (Lipinski definition) is 2. The van der Waals surface area contributed by atoms with Crippen LogP contribution in [0.3, 0.4) is 0 Å². The second kappa shape index (κ2) is 5.34. The summed E-state index contributed by atoms with van der Waals surface area (Å²) in [6, 6.07) is 13.6. The van der Waals surface area contributed by atoms with E-state index in [9.17, 15) is 5.26 Å². The van der Waals surface area contributed by atoms with Crippen molar-refractivity contribution in [2.24, 2.45) is 0 Å². The molecule has 0 aliphatic carbocycles. The number of anilines is 1.